The Labute approximate surface area is 171 Å². The minimum Gasteiger partial charge on any atom is -0.248 e. The Morgan fingerprint density at radius 3 is 2.03 bits per heavy atom. The topological polar surface area (TPSA) is 12.9 Å². The maximum absolute atomic E-state index is 4.99. The zero-order valence-corrected chi connectivity index (χ0v) is 17.0. The van der Waals surface area contributed by atoms with E-state index in [1.54, 1.807) is 0 Å². The minimum absolute atomic E-state index is 1.05. The number of aryl methyl sites for hydroxylation is 1. The van der Waals surface area contributed by atoms with Crippen LogP contribution in [0.25, 0.3) is 54.5 Å². The van der Waals surface area contributed by atoms with Gasteiger partial charge in [-0.15, -0.1) is 0 Å². The van der Waals surface area contributed by atoms with Gasteiger partial charge in [-0.05, 0) is 56.9 Å². The average molecular weight is 373 g/mol. The SMILES string of the molecule is CC.Cc1cc(-c2ccc3ccc4cccc5ccc2c3c45)nc2ccccc12. The van der Waals surface area contributed by atoms with Crippen LogP contribution in [0.3, 0.4) is 0 Å². The highest BCUT2D eigenvalue weighted by atomic mass is 14.7. The summed E-state index contributed by atoms with van der Waals surface area (Å²) in [4.78, 5) is 4.99. The van der Waals surface area contributed by atoms with Gasteiger partial charge in [0.25, 0.3) is 0 Å². The summed E-state index contributed by atoms with van der Waals surface area (Å²) in [6.07, 6.45) is 0. The molecular formula is C28H23N. The Balaban J connectivity index is 0.000000882. The lowest BCUT2D eigenvalue weighted by atomic mass is 9.90. The fourth-order valence-electron chi connectivity index (χ4n) is 4.45. The van der Waals surface area contributed by atoms with E-state index < -0.39 is 0 Å². The van der Waals surface area contributed by atoms with Gasteiger partial charge in [-0.2, -0.15) is 0 Å². The Morgan fingerprint density at radius 1 is 0.586 bits per heavy atom. The number of benzene rings is 5. The second-order valence-corrected chi connectivity index (χ2v) is 7.31. The van der Waals surface area contributed by atoms with E-state index in [0.29, 0.717) is 0 Å². The molecule has 0 amide bonds. The summed E-state index contributed by atoms with van der Waals surface area (Å²) < 4.78 is 0. The quantitative estimate of drug-likeness (QED) is 0.265. The van der Waals surface area contributed by atoms with Crippen LogP contribution in [-0.2, 0) is 0 Å². The lowest BCUT2D eigenvalue weighted by Crippen LogP contribution is -1.91. The molecule has 0 saturated carbocycles. The van der Waals surface area contributed by atoms with Crippen LogP contribution in [0.5, 0.6) is 0 Å². The van der Waals surface area contributed by atoms with Gasteiger partial charge in [0.15, 0.2) is 0 Å². The standard InChI is InChI=1S/C26H17N.C2H6/c1-16-15-24(27-23-8-3-2-7-20(16)23)21-13-11-19-10-9-17-5-4-6-18-12-14-22(21)26(19)25(17)18;1-2/h2-15H,1H3;1-2H3. The van der Waals surface area contributed by atoms with E-state index >= 15 is 0 Å². The number of rotatable bonds is 1. The van der Waals surface area contributed by atoms with Crippen LogP contribution in [-0.4, -0.2) is 4.98 Å². The molecule has 0 saturated heterocycles. The fourth-order valence-corrected chi connectivity index (χ4v) is 4.45. The summed E-state index contributed by atoms with van der Waals surface area (Å²) in [6, 6.07) is 30.5. The van der Waals surface area contributed by atoms with Gasteiger partial charge in [-0.25, -0.2) is 4.98 Å². The van der Waals surface area contributed by atoms with Crippen molar-refractivity contribution in [1.29, 1.82) is 0 Å². The number of para-hydroxylation sites is 1. The first-order valence-electron chi connectivity index (χ1n) is 10.3. The van der Waals surface area contributed by atoms with Gasteiger partial charge >= 0.3 is 0 Å². The Hall–Kier alpha value is -3.45. The van der Waals surface area contributed by atoms with Gasteiger partial charge in [-0.3, -0.25) is 0 Å². The van der Waals surface area contributed by atoms with Crippen molar-refractivity contribution in [2.75, 3.05) is 0 Å². The largest absolute Gasteiger partial charge is 0.248 e. The van der Waals surface area contributed by atoms with Gasteiger partial charge in [-0.1, -0.05) is 86.6 Å². The number of nitrogens with zero attached hydrogens (tertiary/aromatic N) is 1. The molecule has 1 heteroatoms. The Morgan fingerprint density at radius 2 is 1.24 bits per heavy atom. The number of pyridine rings is 1. The first-order valence-corrected chi connectivity index (χ1v) is 10.3. The molecule has 0 spiro atoms. The number of hydrogen-bond donors (Lipinski definition) is 0. The molecule has 1 nitrogen and oxygen atoms in total. The van der Waals surface area contributed by atoms with Gasteiger partial charge in [0.1, 0.15) is 0 Å². The number of aromatic nitrogens is 1. The molecular weight excluding hydrogens is 350 g/mol. The number of fused-ring (bicyclic) bond motifs is 1. The highest BCUT2D eigenvalue weighted by Crippen LogP contribution is 2.39. The Bertz CT molecular complexity index is 1460. The van der Waals surface area contributed by atoms with Crippen molar-refractivity contribution < 1.29 is 0 Å². The van der Waals surface area contributed by atoms with E-state index in [4.69, 9.17) is 4.98 Å². The molecule has 0 radical (unpaired) electrons. The van der Waals surface area contributed by atoms with E-state index in [1.165, 1.54) is 48.8 Å². The molecule has 5 aromatic carbocycles. The molecule has 6 rings (SSSR count). The molecule has 0 unspecified atom stereocenters. The lowest BCUT2D eigenvalue weighted by Gasteiger charge is -2.14. The van der Waals surface area contributed by atoms with Gasteiger partial charge in [0.2, 0.25) is 0 Å². The third-order valence-corrected chi connectivity index (χ3v) is 5.73. The molecule has 0 N–H and O–H groups in total. The van der Waals surface area contributed by atoms with Crippen molar-refractivity contribution in [3.05, 3.63) is 90.5 Å². The van der Waals surface area contributed by atoms with Crippen molar-refractivity contribution in [1.82, 2.24) is 4.98 Å². The van der Waals surface area contributed by atoms with Crippen LogP contribution in [0.1, 0.15) is 19.4 Å². The zero-order chi connectivity index (χ0) is 20.0. The highest BCUT2D eigenvalue weighted by Gasteiger charge is 2.13. The highest BCUT2D eigenvalue weighted by molar-refractivity contribution is 6.25. The minimum atomic E-state index is 1.05. The predicted octanol–water partition coefficient (Wildman–Crippen LogP) is 8.13. The van der Waals surface area contributed by atoms with E-state index in [-0.39, 0.29) is 0 Å². The lowest BCUT2D eigenvalue weighted by molar-refractivity contribution is 1.37. The summed E-state index contributed by atoms with van der Waals surface area (Å²) in [5.41, 5.74) is 4.57. The monoisotopic (exact) mass is 373 g/mol. The fraction of sp³-hybridized carbons (Fsp3) is 0.107. The smallest absolute Gasteiger partial charge is 0.0718 e. The molecule has 1 heterocycles. The number of hydrogen-bond acceptors (Lipinski definition) is 1. The molecule has 0 bridgehead atoms. The zero-order valence-electron chi connectivity index (χ0n) is 17.0. The molecule has 0 aliphatic rings. The molecule has 1 aromatic heterocycles. The first-order chi connectivity index (χ1) is 14.3. The van der Waals surface area contributed by atoms with Gasteiger partial charge < -0.3 is 0 Å². The molecule has 0 atom stereocenters. The van der Waals surface area contributed by atoms with Crippen LogP contribution in [0, 0.1) is 6.92 Å². The second kappa shape index (κ2) is 6.86. The normalized spacial score (nSPS) is 11.3. The average Bonchev–Trinajstić information content (AvgIpc) is 2.79. The third kappa shape index (κ3) is 2.66. The predicted molar refractivity (Wildman–Crippen MR) is 127 cm³/mol. The van der Waals surface area contributed by atoms with E-state index in [1.807, 2.05) is 13.8 Å². The summed E-state index contributed by atoms with van der Waals surface area (Å²) in [5, 5.41) is 9.08. The second-order valence-electron chi connectivity index (χ2n) is 7.31. The summed E-state index contributed by atoms with van der Waals surface area (Å²) >= 11 is 0. The van der Waals surface area contributed by atoms with Crippen molar-refractivity contribution >= 4 is 43.2 Å². The summed E-state index contributed by atoms with van der Waals surface area (Å²) in [6.45, 7) is 6.17. The maximum Gasteiger partial charge on any atom is 0.0718 e. The summed E-state index contributed by atoms with van der Waals surface area (Å²) in [5.74, 6) is 0. The van der Waals surface area contributed by atoms with E-state index in [0.717, 1.165) is 11.2 Å². The van der Waals surface area contributed by atoms with Crippen molar-refractivity contribution in [2.24, 2.45) is 0 Å². The molecule has 0 aliphatic heterocycles. The molecule has 0 aliphatic carbocycles. The third-order valence-electron chi connectivity index (χ3n) is 5.73. The molecule has 140 valence electrons. The maximum atomic E-state index is 4.99. The van der Waals surface area contributed by atoms with Crippen molar-refractivity contribution in [3.63, 3.8) is 0 Å². The van der Waals surface area contributed by atoms with E-state index in [9.17, 15) is 0 Å². The van der Waals surface area contributed by atoms with Crippen molar-refractivity contribution in [3.8, 4) is 11.3 Å². The molecule has 6 aromatic rings. The first kappa shape index (κ1) is 17.6. The van der Waals surface area contributed by atoms with Crippen LogP contribution in [0.4, 0.5) is 0 Å². The van der Waals surface area contributed by atoms with Crippen LogP contribution < -0.4 is 0 Å². The van der Waals surface area contributed by atoms with Crippen LogP contribution in [0.15, 0.2) is 84.9 Å². The van der Waals surface area contributed by atoms with Gasteiger partial charge in [0.05, 0.1) is 11.2 Å². The molecule has 0 fully saturated rings. The van der Waals surface area contributed by atoms with Crippen LogP contribution in [0.2, 0.25) is 0 Å². The summed E-state index contributed by atoms with van der Waals surface area (Å²) in [7, 11) is 0. The molecule has 29 heavy (non-hydrogen) atoms. The van der Waals surface area contributed by atoms with Crippen LogP contribution >= 0.6 is 0 Å². The van der Waals surface area contributed by atoms with Gasteiger partial charge in [0, 0.05) is 10.9 Å². The van der Waals surface area contributed by atoms with E-state index in [2.05, 4.69) is 91.9 Å². The Kier molecular flexibility index (Phi) is 4.17. The van der Waals surface area contributed by atoms with Crippen molar-refractivity contribution in [2.45, 2.75) is 20.8 Å².